The van der Waals surface area contributed by atoms with Crippen LogP contribution >= 0.6 is 12.4 Å². The minimum atomic E-state index is -1.31. The summed E-state index contributed by atoms with van der Waals surface area (Å²) in [5, 5.41) is 14.0. The lowest BCUT2D eigenvalue weighted by molar-refractivity contribution is -0.153. The van der Waals surface area contributed by atoms with Crippen molar-refractivity contribution in [3.63, 3.8) is 0 Å². The standard InChI is InChI=1S/C21H29FN4O3.ClH/c1-24(2)20(28)26-12-15-11-25(19(27)21(29)6-8-23-9-7-21)13-17(15)18(26)14-4-3-5-16(22)10-14;/h3-5,10,15,17-18,23,29H,6-9,11-13H2,1-2H3;1H/t15-,17-,18-;/m1./s1. The molecule has 0 aliphatic carbocycles. The molecule has 3 atom stereocenters. The fourth-order valence-corrected chi connectivity index (χ4v) is 5.13. The van der Waals surface area contributed by atoms with Gasteiger partial charge in [-0.3, -0.25) is 4.79 Å². The van der Waals surface area contributed by atoms with Gasteiger partial charge in [0.05, 0.1) is 6.04 Å². The Morgan fingerprint density at radius 1 is 1.20 bits per heavy atom. The molecule has 9 heteroatoms. The van der Waals surface area contributed by atoms with Crippen molar-refractivity contribution in [2.75, 3.05) is 46.8 Å². The van der Waals surface area contributed by atoms with Crippen LogP contribution in [0.25, 0.3) is 0 Å². The van der Waals surface area contributed by atoms with Crippen LogP contribution in [-0.2, 0) is 4.79 Å². The van der Waals surface area contributed by atoms with Crippen molar-refractivity contribution in [1.82, 2.24) is 20.0 Å². The second-order valence-corrected chi connectivity index (χ2v) is 8.74. The average molecular weight is 441 g/mol. The first kappa shape index (κ1) is 22.8. The van der Waals surface area contributed by atoms with Crippen LogP contribution in [0.3, 0.4) is 0 Å². The third-order valence-corrected chi connectivity index (χ3v) is 6.60. The highest BCUT2D eigenvalue weighted by atomic mass is 35.5. The Hall–Kier alpha value is -1.90. The number of carbonyl (C=O) groups is 2. The first-order valence-corrected chi connectivity index (χ1v) is 10.3. The summed E-state index contributed by atoms with van der Waals surface area (Å²) >= 11 is 0. The second kappa shape index (κ2) is 8.69. The summed E-state index contributed by atoms with van der Waals surface area (Å²) in [6, 6.07) is 5.98. The monoisotopic (exact) mass is 440 g/mol. The zero-order valence-electron chi connectivity index (χ0n) is 17.4. The predicted molar refractivity (Wildman–Crippen MR) is 113 cm³/mol. The summed E-state index contributed by atoms with van der Waals surface area (Å²) in [4.78, 5) is 30.9. The average Bonchev–Trinajstić information content (AvgIpc) is 3.25. The van der Waals surface area contributed by atoms with Gasteiger partial charge in [0.25, 0.3) is 5.91 Å². The van der Waals surface area contributed by atoms with Crippen LogP contribution in [-0.4, -0.2) is 84.2 Å². The number of carbonyl (C=O) groups excluding carboxylic acids is 2. The predicted octanol–water partition coefficient (Wildman–Crippen LogP) is 1.47. The van der Waals surface area contributed by atoms with Crippen molar-refractivity contribution in [3.05, 3.63) is 35.6 Å². The van der Waals surface area contributed by atoms with Gasteiger partial charge in [0.15, 0.2) is 0 Å². The van der Waals surface area contributed by atoms with Crippen LogP contribution in [0.5, 0.6) is 0 Å². The molecule has 2 N–H and O–H groups in total. The maximum absolute atomic E-state index is 13.9. The molecule has 166 valence electrons. The Bertz CT molecular complexity index is 802. The molecule has 0 aromatic heterocycles. The number of likely N-dealkylation sites (tertiary alicyclic amines) is 2. The molecule has 3 saturated heterocycles. The fourth-order valence-electron chi connectivity index (χ4n) is 5.13. The Balaban J connectivity index is 0.00000256. The van der Waals surface area contributed by atoms with Gasteiger partial charge >= 0.3 is 6.03 Å². The van der Waals surface area contributed by atoms with Crippen LogP contribution in [0.15, 0.2) is 24.3 Å². The Morgan fingerprint density at radius 2 is 1.90 bits per heavy atom. The summed E-state index contributed by atoms with van der Waals surface area (Å²) in [5.74, 6) is -0.411. The van der Waals surface area contributed by atoms with Crippen LogP contribution in [0, 0.1) is 17.7 Å². The second-order valence-electron chi connectivity index (χ2n) is 8.74. The molecular weight excluding hydrogens is 411 g/mol. The molecule has 0 saturated carbocycles. The zero-order valence-corrected chi connectivity index (χ0v) is 18.2. The van der Waals surface area contributed by atoms with Crippen LogP contribution in [0.2, 0.25) is 0 Å². The van der Waals surface area contributed by atoms with E-state index in [9.17, 15) is 19.1 Å². The number of halogens is 2. The highest BCUT2D eigenvalue weighted by Crippen LogP contribution is 2.46. The van der Waals surface area contributed by atoms with E-state index in [4.69, 9.17) is 0 Å². The molecule has 4 rings (SSSR count). The quantitative estimate of drug-likeness (QED) is 0.730. The van der Waals surface area contributed by atoms with Gasteiger partial charge in [0.2, 0.25) is 0 Å². The topological polar surface area (TPSA) is 76.1 Å². The minimum absolute atomic E-state index is 0. The third kappa shape index (κ3) is 4.00. The molecule has 0 radical (unpaired) electrons. The van der Waals surface area contributed by atoms with Gasteiger partial charge in [-0.2, -0.15) is 0 Å². The van der Waals surface area contributed by atoms with E-state index in [2.05, 4.69) is 5.32 Å². The minimum Gasteiger partial charge on any atom is -0.380 e. The first-order valence-electron chi connectivity index (χ1n) is 10.3. The van der Waals surface area contributed by atoms with Crippen molar-refractivity contribution in [2.24, 2.45) is 11.8 Å². The van der Waals surface area contributed by atoms with Crippen LogP contribution < -0.4 is 5.32 Å². The van der Waals surface area contributed by atoms with E-state index in [1.165, 1.54) is 17.0 Å². The van der Waals surface area contributed by atoms with Gasteiger partial charge < -0.3 is 25.1 Å². The van der Waals surface area contributed by atoms with Gasteiger partial charge in [-0.15, -0.1) is 12.4 Å². The summed E-state index contributed by atoms with van der Waals surface area (Å²) in [7, 11) is 3.42. The van der Waals surface area contributed by atoms with E-state index in [1.54, 1.807) is 30.0 Å². The molecule has 0 spiro atoms. The molecule has 3 aliphatic rings. The molecule has 3 amide bonds. The Morgan fingerprint density at radius 3 is 2.53 bits per heavy atom. The number of piperidine rings is 1. The lowest BCUT2D eigenvalue weighted by atomic mass is 9.89. The van der Waals surface area contributed by atoms with E-state index in [-0.39, 0.29) is 48.0 Å². The van der Waals surface area contributed by atoms with Gasteiger partial charge in [0, 0.05) is 45.6 Å². The van der Waals surface area contributed by atoms with Crippen molar-refractivity contribution < 1.29 is 19.1 Å². The molecule has 1 aromatic rings. The fraction of sp³-hybridized carbons (Fsp3) is 0.619. The number of fused-ring (bicyclic) bond motifs is 1. The molecule has 7 nitrogen and oxygen atoms in total. The van der Waals surface area contributed by atoms with Crippen molar-refractivity contribution in [3.8, 4) is 0 Å². The van der Waals surface area contributed by atoms with E-state index >= 15 is 0 Å². The molecule has 3 fully saturated rings. The molecule has 3 heterocycles. The summed E-state index contributed by atoms with van der Waals surface area (Å²) in [6.45, 7) is 2.76. The van der Waals surface area contributed by atoms with Crippen molar-refractivity contribution in [2.45, 2.75) is 24.5 Å². The number of urea groups is 1. The smallest absolute Gasteiger partial charge is 0.320 e. The lowest BCUT2D eigenvalue weighted by Gasteiger charge is -2.36. The number of benzene rings is 1. The summed E-state index contributed by atoms with van der Waals surface area (Å²) in [6.07, 6.45) is 0.826. The van der Waals surface area contributed by atoms with Gasteiger partial charge in [0.1, 0.15) is 11.4 Å². The number of aliphatic hydroxyl groups is 1. The number of amides is 3. The number of hydrogen-bond donors (Lipinski definition) is 2. The first-order chi connectivity index (χ1) is 13.8. The highest BCUT2D eigenvalue weighted by Gasteiger charge is 2.52. The highest BCUT2D eigenvalue weighted by molar-refractivity contribution is 5.86. The number of hydrogen-bond acceptors (Lipinski definition) is 4. The largest absolute Gasteiger partial charge is 0.380 e. The van der Waals surface area contributed by atoms with E-state index in [0.717, 1.165) is 5.56 Å². The van der Waals surface area contributed by atoms with E-state index in [0.29, 0.717) is 45.6 Å². The maximum Gasteiger partial charge on any atom is 0.320 e. The molecular formula is C21H30ClFN4O3. The van der Waals surface area contributed by atoms with Gasteiger partial charge in [-0.1, -0.05) is 12.1 Å². The van der Waals surface area contributed by atoms with Crippen molar-refractivity contribution >= 4 is 24.3 Å². The number of rotatable bonds is 2. The lowest BCUT2D eigenvalue weighted by Crippen LogP contribution is -2.54. The summed E-state index contributed by atoms with van der Waals surface area (Å²) < 4.78 is 13.9. The summed E-state index contributed by atoms with van der Waals surface area (Å²) in [5.41, 5.74) is -0.556. The van der Waals surface area contributed by atoms with Crippen molar-refractivity contribution in [1.29, 1.82) is 0 Å². The Kier molecular flexibility index (Phi) is 6.60. The number of nitrogens with one attached hydrogen (secondary N) is 1. The third-order valence-electron chi connectivity index (χ3n) is 6.60. The Labute approximate surface area is 182 Å². The molecule has 3 aliphatic heterocycles. The van der Waals surface area contributed by atoms with Gasteiger partial charge in [-0.05, 0) is 43.6 Å². The molecule has 0 unspecified atom stereocenters. The molecule has 1 aromatic carbocycles. The maximum atomic E-state index is 13.9. The zero-order chi connectivity index (χ0) is 20.8. The molecule has 0 bridgehead atoms. The van der Waals surface area contributed by atoms with E-state index < -0.39 is 5.60 Å². The number of nitrogens with zero attached hydrogens (tertiary/aromatic N) is 3. The van der Waals surface area contributed by atoms with E-state index in [1.807, 2.05) is 6.07 Å². The normalized spacial score (nSPS) is 27.4. The van der Waals surface area contributed by atoms with Gasteiger partial charge in [-0.25, -0.2) is 9.18 Å². The van der Waals surface area contributed by atoms with Crippen LogP contribution in [0.4, 0.5) is 9.18 Å². The SMILES string of the molecule is CN(C)C(=O)N1C[C@H]2CN(C(=O)C3(O)CCNCC3)C[C@H]2[C@H]1c1cccc(F)c1.Cl. The van der Waals surface area contributed by atoms with Crippen LogP contribution in [0.1, 0.15) is 24.4 Å². The molecule has 30 heavy (non-hydrogen) atoms.